The highest BCUT2D eigenvalue weighted by Gasteiger charge is 2.34. The molecule has 136 heavy (non-hydrogen) atoms. The summed E-state index contributed by atoms with van der Waals surface area (Å²) < 4.78 is 0. The number of H-pyrrole nitrogens is 4. The van der Waals surface area contributed by atoms with Gasteiger partial charge >= 0.3 is 0 Å². The Hall–Kier alpha value is -15.5. The molecule has 16 bridgehead atoms. The van der Waals surface area contributed by atoms with Crippen molar-refractivity contribution >= 4 is 135 Å². The lowest BCUT2D eigenvalue weighted by Gasteiger charge is -2.26. The molecule has 0 fully saturated rings. The SMILES string of the molecule is CCC1=C(C)c2nc1cc1[nH]c(c(C)c1CC)c(-c1ccncc1)c1nc(c(-c3ccc(N(c4ccccc4)c4ccc(-c5c6nc(c(-c7ccncc7)c7[nH]c(c(/C=C/c8ccc(N(c9ccccc9)c9ccccc9)cc8)c8nc(c(-c9ccncc9)c9[nH]c5c(CC)c9C)C(C)=C8CC)c(CC)c7C)C(C)=C6CC)cc4)cc3)c3[nH]c(c(C)c3CC)c2-c2ccncc2)C(CC)=C1C. The standard InChI is InChI=1S/C122H114N14/c1-17-92-71(9)109-103(82-54-62-123-63-55-82)113-75(13)96(21-5)119(131-113)107(120-97(22-6)76(14)114(132-120)104(83-56-64-124-65-57-83)110-72(10)93(18-2)102(128-110)70-101(92)127-109)80-43-49-90(50-44-80)136(88-38-32-27-33-39-88)91-51-45-81(46-52-91)108-121-98(23-7)77(15)115(133-121)105(84-58-66-125-67-59-84)111-73(11)94(19-3)117(129-111)100(53-42-79-40-47-89(48-41-79)135(86-34-28-25-29-35-86)87-36-30-26-31-37-87)118-95(20-4)74(12)112(130-118)106(85-60-68-126-69-61-85)116-78(16)99(24-8)122(108)134-116/h25-70,127,129,132,134H,17-24H2,1-16H3/b53-42+,101-70?,102-70?,109-103?,110-104?,111-105?,112-106?,113-103?,114-104?,115-105?,116-106?,117-100?,118-100?,119-107?,120-107?,121-108?,122-108?. The molecule has 0 saturated carbocycles. The molecular formula is C122H114N14. The van der Waals surface area contributed by atoms with Gasteiger partial charge in [-0.3, -0.25) is 19.9 Å². The van der Waals surface area contributed by atoms with Crippen molar-refractivity contribution < 1.29 is 0 Å². The molecule has 20 rings (SSSR count). The molecule has 16 aromatic rings. The number of nitrogens with zero attached hydrogens (tertiary/aromatic N) is 10. The van der Waals surface area contributed by atoms with Crippen LogP contribution >= 0.6 is 0 Å². The number of hydrogen-bond acceptors (Lipinski definition) is 10. The number of aromatic nitrogens is 12. The van der Waals surface area contributed by atoms with Crippen molar-refractivity contribution in [3.63, 3.8) is 0 Å². The number of anilines is 6. The van der Waals surface area contributed by atoms with E-state index in [-0.39, 0.29) is 0 Å². The fourth-order valence-electron chi connectivity index (χ4n) is 21.9. The summed E-state index contributed by atoms with van der Waals surface area (Å²) in [4.78, 5) is 64.3. The molecule has 0 radical (unpaired) electrons. The minimum Gasteiger partial charge on any atom is -0.354 e. The number of aryl methyl sites for hydroxylation is 8. The van der Waals surface area contributed by atoms with Gasteiger partial charge in [0.2, 0.25) is 0 Å². The monoisotopic (exact) mass is 1770 g/mol. The van der Waals surface area contributed by atoms with E-state index in [1.807, 2.05) is 49.6 Å². The third-order valence-electron chi connectivity index (χ3n) is 28.7. The maximum absolute atomic E-state index is 6.21. The maximum atomic E-state index is 6.21. The molecule has 10 aromatic heterocycles. The summed E-state index contributed by atoms with van der Waals surface area (Å²) in [7, 11) is 0. The number of nitrogens with one attached hydrogen (secondary N) is 4. The summed E-state index contributed by atoms with van der Waals surface area (Å²) in [5, 5.41) is 0. The van der Waals surface area contributed by atoms with Gasteiger partial charge < -0.3 is 29.7 Å². The molecular weight excluding hydrogens is 1660 g/mol. The van der Waals surface area contributed by atoms with Crippen LogP contribution in [0.25, 0.3) is 168 Å². The largest absolute Gasteiger partial charge is 0.354 e. The number of aromatic amines is 4. The zero-order valence-corrected chi connectivity index (χ0v) is 80.7. The number of rotatable bonds is 22. The molecule has 0 amide bonds. The van der Waals surface area contributed by atoms with Gasteiger partial charge in [-0.1, -0.05) is 159 Å². The first-order chi connectivity index (χ1) is 66.5. The molecule has 4 aliphatic rings. The quantitative estimate of drug-likeness (QED) is 0.0512. The van der Waals surface area contributed by atoms with Gasteiger partial charge in [0.1, 0.15) is 0 Å². The van der Waals surface area contributed by atoms with Crippen LogP contribution in [0.2, 0.25) is 0 Å². The molecule has 14 heteroatoms. The highest BCUT2D eigenvalue weighted by Crippen LogP contribution is 2.53. The van der Waals surface area contributed by atoms with Crippen molar-refractivity contribution in [1.29, 1.82) is 0 Å². The molecule has 0 saturated heterocycles. The van der Waals surface area contributed by atoms with E-state index in [0.717, 1.165) is 286 Å². The van der Waals surface area contributed by atoms with Gasteiger partial charge in [-0.15, -0.1) is 0 Å². The molecule has 0 unspecified atom stereocenters. The van der Waals surface area contributed by atoms with Crippen LogP contribution in [-0.4, -0.2) is 59.8 Å². The minimum absolute atomic E-state index is 0.717. The Morgan fingerprint density at radius 3 is 0.875 bits per heavy atom. The van der Waals surface area contributed by atoms with Gasteiger partial charge in [0.25, 0.3) is 0 Å². The van der Waals surface area contributed by atoms with E-state index in [2.05, 4.69) is 391 Å². The Labute approximate surface area is 797 Å². The Kier molecular flexibility index (Phi) is 24.1. The smallest absolute Gasteiger partial charge is 0.0771 e. The van der Waals surface area contributed by atoms with E-state index in [9.17, 15) is 0 Å². The zero-order valence-electron chi connectivity index (χ0n) is 80.7. The molecule has 6 aromatic carbocycles. The van der Waals surface area contributed by atoms with Crippen LogP contribution < -0.4 is 9.80 Å². The Morgan fingerprint density at radius 1 is 0.243 bits per heavy atom. The number of para-hydroxylation sites is 3. The molecule has 672 valence electrons. The molecule has 14 nitrogen and oxygen atoms in total. The van der Waals surface area contributed by atoms with Crippen LogP contribution in [0.5, 0.6) is 0 Å². The first-order valence-corrected chi connectivity index (χ1v) is 48.3. The fraction of sp³-hybridized carbons (Fsp3) is 0.197. The van der Waals surface area contributed by atoms with Crippen molar-refractivity contribution in [3.8, 4) is 66.8 Å². The first kappa shape index (κ1) is 88.4. The highest BCUT2D eigenvalue weighted by atomic mass is 15.1. The van der Waals surface area contributed by atoms with Crippen LogP contribution in [0.15, 0.2) is 268 Å². The summed E-state index contributed by atoms with van der Waals surface area (Å²) in [6.45, 7) is 36.5. The second-order valence-electron chi connectivity index (χ2n) is 35.9. The van der Waals surface area contributed by atoms with Gasteiger partial charge in [-0.2, -0.15) is 0 Å². The van der Waals surface area contributed by atoms with Crippen molar-refractivity contribution in [1.82, 2.24) is 59.8 Å². The second-order valence-corrected chi connectivity index (χ2v) is 35.9. The van der Waals surface area contributed by atoms with Crippen LogP contribution in [0.1, 0.15) is 210 Å². The van der Waals surface area contributed by atoms with Gasteiger partial charge in [0, 0.05) is 128 Å². The molecule has 4 N–H and O–H groups in total. The van der Waals surface area contributed by atoms with Gasteiger partial charge in [-0.25, -0.2) is 19.9 Å². The van der Waals surface area contributed by atoms with E-state index in [4.69, 9.17) is 19.9 Å². The molecule has 0 aliphatic carbocycles. The van der Waals surface area contributed by atoms with E-state index in [1.54, 1.807) is 0 Å². The number of benzene rings is 6. The lowest BCUT2D eigenvalue weighted by Crippen LogP contribution is -2.09. The molecule has 14 heterocycles. The van der Waals surface area contributed by atoms with Gasteiger partial charge in [-0.05, 0) is 362 Å². The number of hydrogen-bond donors (Lipinski definition) is 4. The van der Waals surface area contributed by atoms with Gasteiger partial charge in [0.15, 0.2) is 0 Å². The minimum atomic E-state index is 0.717. The Bertz CT molecular complexity index is 7810. The normalized spacial score (nSPS) is 12.8. The number of fused-ring (bicyclic) bond motifs is 16. The van der Waals surface area contributed by atoms with E-state index >= 15 is 0 Å². The maximum Gasteiger partial charge on any atom is 0.0771 e. The first-order valence-electron chi connectivity index (χ1n) is 48.3. The average molecular weight is 1780 g/mol. The van der Waals surface area contributed by atoms with Crippen molar-refractivity contribution in [2.75, 3.05) is 9.80 Å². The summed E-state index contributed by atoms with van der Waals surface area (Å²) in [6, 6.07) is 78.8. The van der Waals surface area contributed by atoms with Crippen molar-refractivity contribution in [3.05, 3.63) is 369 Å². The summed E-state index contributed by atoms with van der Waals surface area (Å²) in [5.41, 5.74) is 55.2. The Morgan fingerprint density at radius 2 is 0.522 bits per heavy atom. The summed E-state index contributed by atoms with van der Waals surface area (Å²) in [5.74, 6) is 0. The average Bonchev–Trinajstić information content (AvgIpc) is 1.60. The van der Waals surface area contributed by atoms with E-state index < -0.39 is 0 Å². The second kappa shape index (κ2) is 37.1. The van der Waals surface area contributed by atoms with Crippen LogP contribution in [-0.2, 0) is 25.7 Å². The predicted molar refractivity (Wildman–Crippen MR) is 572 cm³/mol. The fourth-order valence-corrected chi connectivity index (χ4v) is 21.9. The van der Waals surface area contributed by atoms with Crippen molar-refractivity contribution in [2.45, 2.75) is 162 Å². The van der Waals surface area contributed by atoms with Crippen LogP contribution in [0.3, 0.4) is 0 Å². The lowest BCUT2D eigenvalue weighted by atomic mass is 9.92. The topological polar surface area (TPSA) is 173 Å². The third kappa shape index (κ3) is 15.2. The molecule has 0 atom stereocenters. The Balaban J connectivity index is 0.813. The molecule has 4 aliphatic heterocycles. The lowest BCUT2D eigenvalue weighted by molar-refractivity contribution is 1.14. The predicted octanol–water partition coefficient (Wildman–Crippen LogP) is 32.5. The van der Waals surface area contributed by atoms with Gasteiger partial charge in [0.05, 0.1) is 84.2 Å². The number of pyridine rings is 4. The van der Waals surface area contributed by atoms with E-state index in [0.29, 0.717) is 0 Å². The summed E-state index contributed by atoms with van der Waals surface area (Å²) >= 11 is 0. The van der Waals surface area contributed by atoms with E-state index in [1.165, 1.54) is 55.7 Å². The summed E-state index contributed by atoms with van der Waals surface area (Å²) in [6.07, 6.45) is 25.9. The highest BCUT2D eigenvalue weighted by molar-refractivity contribution is 6.11. The molecule has 0 spiro atoms. The third-order valence-corrected chi connectivity index (χ3v) is 28.7. The van der Waals surface area contributed by atoms with Crippen LogP contribution in [0.4, 0.5) is 34.1 Å². The zero-order chi connectivity index (χ0) is 93.8. The van der Waals surface area contributed by atoms with Crippen LogP contribution in [0, 0.1) is 27.7 Å². The number of allylic oxidation sites excluding steroid dienone is 8. The van der Waals surface area contributed by atoms with Crippen molar-refractivity contribution in [2.24, 2.45) is 0 Å².